The highest BCUT2D eigenvalue weighted by molar-refractivity contribution is 6.30. The zero-order valence-electron chi connectivity index (χ0n) is 9.86. The molecule has 0 fully saturated rings. The number of halogens is 2. The maximum atomic E-state index is 5.93. The van der Waals surface area contributed by atoms with Gasteiger partial charge in [0.15, 0.2) is 0 Å². The molecule has 2 aromatic rings. The van der Waals surface area contributed by atoms with Crippen molar-refractivity contribution in [3.8, 4) is 5.88 Å². The van der Waals surface area contributed by atoms with Crippen LogP contribution in [0.5, 0.6) is 5.88 Å². The molecule has 94 valence electrons. The lowest BCUT2D eigenvalue weighted by molar-refractivity contribution is 0.325. The Balaban J connectivity index is 2.23. The van der Waals surface area contributed by atoms with Crippen molar-refractivity contribution in [1.29, 1.82) is 0 Å². The van der Waals surface area contributed by atoms with Crippen molar-refractivity contribution in [2.24, 2.45) is 0 Å². The first-order valence-corrected chi connectivity index (χ1v) is 6.33. The average Bonchev–Trinajstić information content (AvgIpc) is 2.28. The van der Waals surface area contributed by atoms with Crippen molar-refractivity contribution < 1.29 is 4.74 Å². The Hall–Kier alpha value is -1.32. The molecule has 0 radical (unpaired) electrons. The Morgan fingerprint density at radius 2 is 2.00 bits per heavy atom. The smallest absolute Gasteiger partial charge is 0.218 e. The van der Waals surface area contributed by atoms with E-state index in [-0.39, 0.29) is 0 Å². The fraction of sp³-hybridized carbons (Fsp3) is 0.231. The van der Waals surface area contributed by atoms with Crippen molar-refractivity contribution in [2.75, 3.05) is 6.61 Å². The van der Waals surface area contributed by atoms with Crippen LogP contribution < -0.4 is 4.74 Å². The minimum atomic E-state index is 0.380. The summed E-state index contributed by atoms with van der Waals surface area (Å²) in [6.45, 7) is 2.44. The molecule has 1 aromatic carbocycles. The minimum Gasteiger partial charge on any atom is -0.478 e. The molecule has 0 unspecified atom stereocenters. The van der Waals surface area contributed by atoms with Crippen LogP contribution in [0.3, 0.4) is 0 Å². The SMILES string of the molecule is CCOc1cc(Cl)nc(Cc2cccc(Cl)c2)n1. The second-order valence-corrected chi connectivity index (χ2v) is 4.51. The van der Waals surface area contributed by atoms with E-state index < -0.39 is 0 Å². The molecule has 0 aliphatic rings. The van der Waals surface area contributed by atoms with Gasteiger partial charge in [-0.05, 0) is 24.6 Å². The molecule has 0 atom stereocenters. The van der Waals surface area contributed by atoms with E-state index >= 15 is 0 Å². The first-order chi connectivity index (χ1) is 8.67. The summed E-state index contributed by atoms with van der Waals surface area (Å²) in [6.07, 6.45) is 0.571. The van der Waals surface area contributed by atoms with Crippen molar-refractivity contribution >= 4 is 23.2 Å². The zero-order valence-corrected chi connectivity index (χ0v) is 11.4. The van der Waals surface area contributed by atoms with Gasteiger partial charge in [-0.1, -0.05) is 35.3 Å². The summed E-state index contributed by atoms with van der Waals surface area (Å²) in [5, 5.41) is 1.07. The van der Waals surface area contributed by atoms with Crippen LogP contribution in [0.4, 0.5) is 0 Å². The number of aromatic nitrogens is 2. The molecule has 1 aromatic heterocycles. The normalized spacial score (nSPS) is 10.4. The third-order valence-electron chi connectivity index (χ3n) is 2.26. The van der Waals surface area contributed by atoms with Gasteiger partial charge in [0.05, 0.1) is 6.61 Å². The Kier molecular flexibility index (Phi) is 4.39. The van der Waals surface area contributed by atoms with Gasteiger partial charge in [-0.2, -0.15) is 4.98 Å². The predicted molar refractivity (Wildman–Crippen MR) is 72.5 cm³/mol. The summed E-state index contributed by atoms with van der Waals surface area (Å²) in [5.41, 5.74) is 1.03. The van der Waals surface area contributed by atoms with Gasteiger partial charge < -0.3 is 4.74 Å². The van der Waals surface area contributed by atoms with E-state index in [1.54, 1.807) is 6.07 Å². The highest BCUT2D eigenvalue weighted by Crippen LogP contribution is 2.17. The van der Waals surface area contributed by atoms with Gasteiger partial charge >= 0.3 is 0 Å². The molecule has 0 saturated heterocycles. The first kappa shape index (κ1) is 13.1. The molecule has 1 heterocycles. The highest BCUT2D eigenvalue weighted by Gasteiger charge is 2.05. The third-order valence-corrected chi connectivity index (χ3v) is 2.69. The van der Waals surface area contributed by atoms with Crippen LogP contribution in [-0.2, 0) is 6.42 Å². The number of hydrogen-bond donors (Lipinski definition) is 0. The third kappa shape index (κ3) is 3.59. The number of ether oxygens (including phenoxy) is 1. The number of benzene rings is 1. The van der Waals surface area contributed by atoms with Crippen LogP contribution in [-0.4, -0.2) is 16.6 Å². The lowest BCUT2D eigenvalue weighted by Gasteiger charge is -2.06. The van der Waals surface area contributed by atoms with E-state index in [1.165, 1.54) is 0 Å². The Bertz CT molecular complexity index is 546. The van der Waals surface area contributed by atoms with Crippen LogP contribution in [0.1, 0.15) is 18.3 Å². The standard InChI is InChI=1S/C13H12Cl2N2O/c1-2-18-13-8-11(15)16-12(17-13)7-9-4-3-5-10(14)6-9/h3-6,8H,2,7H2,1H3. The quantitative estimate of drug-likeness (QED) is 0.801. The lowest BCUT2D eigenvalue weighted by Crippen LogP contribution is -2.01. The largest absolute Gasteiger partial charge is 0.478 e. The van der Waals surface area contributed by atoms with E-state index in [4.69, 9.17) is 27.9 Å². The van der Waals surface area contributed by atoms with Gasteiger partial charge in [-0.25, -0.2) is 4.98 Å². The van der Waals surface area contributed by atoms with Crippen molar-refractivity contribution in [3.63, 3.8) is 0 Å². The zero-order chi connectivity index (χ0) is 13.0. The number of nitrogens with zero attached hydrogens (tertiary/aromatic N) is 2. The second-order valence-electron chi connectivity index (χ2n) is 3.68. The van der Waals surface area contributed by atoms with Crippen molar-refractivity contribution in [3.05, 3.63) is 51.9 Å². The van der Waals surface area contributed by atoms with Gasteiger partial charge in [-0.3, -0.25) is 0 Å². The van der Waals surface area contributed by atoms with Crippen LogP contribution in [0, 0.1) is 0 Å². The Morgan fingerprint density at radius 1 is 1.17 bits per heavy atom. The molecular weight excluding hydrogens is 271 g/mol. The van der Waals surface area contributed by atoms with Crippen molar-refractivity contribution in [1.82, 2.24) is 9.97 Å². The molecule has 5 heteroatoms. The average molecular weight is 283 g/mol. The molecule has 0 aliphatic carbocycles. The molecule has 0 aliphatic heterocycles. The fourth-order valence-electron chi connectivity index (χ4n) is 1.57. The van der Waals surface area contributed by atoms with E-state index in [1.807, 2.05) is 31.2 Å². The van der Waals surface area contributed by atoms with E-state index in [2.05, 4.69) is 9.97 Å². The molecule has 0 amide bonds. The molecule has 3 nitrogen and oxygen atoms in total. The first-order valence-electron chi connectivity index (χ1n) is 5.58. The monoisotopic (exact) mass is 282 g/mol. The maximum Gasteiger partial charge on any atom is 0.218 e. The summed E-state index contributed by atoms with van der Waals surface area (Å²) in [7, 11) is 0. The molecule has 0 spiro atoms. The molecule has 0 N–H and O–H groups in total. The minimum absolute atomic E-state index is 0.380. The Morgan fingerprint density at radius 3 is 2.72 bits per heavy atom. The summed E-state index contributed by atoms with van der Waals surface area (Å²) < 4.78 is 5.33. The Labute approximate surface area is 116 Å². The molecule has 0 bridgehead atoms. The maximum absolute atomic E-state index is 5.93. The second kappa shape index (κ2) is 6.03. The van der Waals surface area contributed by atoms with Gasteiger partial charge in [0, 0.05) is 17.5 Å². The summed E-state index contributed by atoms with van der Waals surface area (Å²) in [5.74, 6) is 1.11. The summed E-state index contributed by atoms with van der Waals surface area (Å²) >= 11 is 11.9. The van der Waals surface area contributed by atoms with Gasteiger partial charge in [0.1, 0.15) is 11.0 Å². The van der Waals surface area contributed by atoms with Crippen LogP contribution in [0.15, 0.2) is 30.3 Å². The highest BCUT2D eigenvalue weighted by atomic mass is 35.5. The number of hydrogen-bond acceptors (Lipinski definition) is 3. The van der Waals surface area contributed by atoms with Crippen LogP contribution >= 0.6 is 23.2 Å². The lowest BCUT2D eigenvalue weighted by atomic mass is 10.1. The van der Waals surface area contributed by atoms with E-state index in [0.717, 1.165) is 5.56 Å². The van der Waals surface area contributed by atoms with Gasteiger partial charge in [0.25, 0.3) is 0 Å². The van der Waals surface area contributed by atoms with E-state index in [0.29, 0.717) is 34.9 Å². The predicted octanol–water partition coefficient (Wildman–Crippen LogP) is 3.77. The van der Waals surface area contributed by atoms with E-state index in [9.17, 15) is 0 Å². The molecule has 2 rings (SSSR count). The van der Waals surface area contributed by atoms with Crippen molar-refractivity contribution in [2.45, 2.75) is 13.3 Å². The molecule has 0 saturated carbocycles. The van der Waals surface area contributed by atoms with Gasteiger partial charge in [0.2, 0.25) is 5.88 Å². The fourth-order valence-corrected chi connectivity index (χ4v) is 1.98. The summed E-state index contributed by atoms with van der Waals surface area (Å²) in [4.78, 5) is 8.46. The van der Waals surface area contributed by atoms with Crippen LogP contribution in [0.2, 0.25) is 10.2 Å². The topological polar surface area (TPSA) is 35.0 Å². The van der Waals surface area contributed by atoms with Gasteiger partial charge in [-0.15, -0.1) is 0 Å². The summed E-state index contributed by atoms with van der Waals surface area (Å²) in [6, 6.07) is 9.18. The number of rotatable bonds is 4. The molecular formula is C13H12Cl2N2O. The van der Waals surface area contributed by atoms with Crippen LogP contribution in [0.25, 0.3) is 0 Å². The molecule has 18 heavy (non-hydrogen) atoms.